The predicted molar refractivity (Wildman–Crippen MR) is 108 cm³/mol. The van der Waals surface area contributed by atoms with Crippen LogP contribution in [0.4, 0.5) is 0 Å². The minimum absolute atomic E-state index is 0.0303. The number of oxazole rings is 1. The molecule has 0 bridgehead atoms. The molecule has 3 rings (SSSR count). The summed E-state index contributed by atoms with van der Waals surface area (Å²) >= 11 is 18.1. The van der Waals surface area contributed by atoms with E-state index in [1.807, 2.05) is 24.3 Å². The van der Waals surface area contributed by atoms with Crippen molar-refractivity contribution < 1.29 is 9.21 Å². The van der Waals surface area contributed by atoms with Crippen molar-refractivity contribution in [1.29, 1.82) is 0 Å². The first-order chi connectivity index (χ1) is 12.9. The van der Waals surface area contributed by atoms with Crippen LogP contribution in [0.1, 0.15) is 17.9 Å². The Kier molecular flexibility index (Phi) is 6.42. The van der Waals surface area contributed by atoms with E-state index in [0.717, 1.165) is 11.1 Å². The molecule has 0 aliphatic heterocycles. The number of hydrogen-bond donors (Lipinski definition) is 0. The van der Waals surface area contributed by atoms with E-state index in [-0.39, 0.29) is 12.3 Å². The standard InChI is InChI=1S/C20H17Cl3N2O2/c1-25(12-14-3-2-4-16(22)20(14)23)19(26)10-9-18-24-11-17(27-18)13-5-7-15(21)8-6-13/h2-8,11H,9-10,12H2,1H3. The van der Waals surface area contributed by atoms with Gasteiger partial charge in [-0.1, -0.05) is 46.9 Å². The van der Waals surface area contributed by atoms with Crippen molar-refractivity contribution in [2.45, 2.75) is 19.4 Å². The van der Waals surface area contributed by atoms with Crippen molar-refractivity contribution in [3.8, 4) is 11.3 Å². The number of carbonyl (C=O) groups excluding carboxylic acids is 1. The fourth-order valence-electron chi connectivity index (χ4n) is 2.59. The number of aromatic nitrogens is 1. The molecule has 2 aromatic carbocycles. The summed E-state index contributed by atoms with van der Waals surface area (Å²) in [6.45, 7) is 0.389. The number of amides is 1. The van der Waals surface area contributed by atoms with Crippen LogP contribution in [0, 0.1) is 0 Å². The molecule has 0 aliphatic rings. The van der Waals surface area contributed by atoms with Crippen LogP contribution in [-0.4, -0.2) is 22.8 Å². The number of hydrogen-bond acceptors (Lipinski definition) is 3. The second-order valence-corrected chi connectivity index (χ2v) is 7.31. The molecule has 7 heteroatoms. The fourth-order valence-corrected chi connectivity index (χ4v) is 3.10. The van der Waals surface area contributed by atoms with E-state index in [1.165, 1.54) is 0 Å². The van der Waals surface area contributed by atoms with Gasteiger partial charge in [-0.2, -0.15) is 0 Å². The van der Waals surface area contributed by atoms with E-state index in [2.05, 4.69) is 4.98 Å². The lowest BCUT2D eigenvalue weighted by atomic mass is 10.2. The quantitative estimate of drug-likeness (QED) is 0.496. The highest BCUT2D eigenvalue weighted by Crippen LogP contribution is 2.26. The summed E-state index contributed by atoms with van der Waals surface area (Å²) in [7, 11) is 1.73. The topological polar surface area (TPSA) is 46.3 Å². The van der Waals surface area contributed by atoms with Crippen LogP contribution < -0.4 is 0 Å². The molecule has 0 saturated carbocycles. The van der Waals surface area contributed by atoms with Crippen LogP contribution in [0.2, 0.25) is 15.1 Å². The summed E-state index contributed by atoms with van der Waals surface area (Å²) in [5, 5.41) is 1.61. The van der Waals surface area contributed by atoms with Crippen LogP contribution in [0.25, 0.3) is 11.3 Å². The molecule has 1 aromatic heterocycles. The monoisotopic (exact) mass is 422 g/mol. The van der Waals surface area contributed by atoms with Crippen molar-refractivity contribution in [2.75, 3.05) is 7.05 Å². The average molecular weight is 424 g/mol. The largest absolute Gasteiger partial charge is 0.441 e. The number of halogens is 3. The molecule has 4 nitrogen and oxygen atoms in total. The third-order valence-corrected chi connectivity index (χ3v) is 5.21. The van der Waals surface area contributed by atoms with E-state index in [0.29, 0.717) is 39.7 Å². The van der Waals surface area contributed by atoms with Gasteiger partial charge in [0.1, 0.15) is 0 Å². The van der Waals surface area contributed by atoms with E-state index >= 15 is 0 Å². The molecule has 0 aliphatic carbocycles. The molecule has 0 N–H and O–H groups in total. The highest BCUT2D eigenvalue weighted by Gasteiger charge is 2.14. The Hall–Kier alpha value is -2.01. The maximum atomic E-state index is 12.4. The molecule has 0 spiro atoms. The number of nitrogens with zero attached hydrogens (tertiary/aromatic N) is 2. The lowest BCUT2D eigenvalue weighted by molar-refractivity contribution is -0.130. The first-order valence-corrected chi connectivity index (χ1v) is 9.45. The third-order valence-electron chi connectivity index (χ3n) is 4.10. The zero-order chi connectivity index (χ0) is 19.4. The van der Waals surface area contributed by atoms with Crippen LogP contribution in [-0.2, 0) is 17.8 Å². The zero-order valence-corrected chi connectivity index (χ0v) is 16.9. The van der Waals surface area contributed by atoms with Gasteiger partial charge in [0.05, 0.1) is 16.2 Å². The van der Waals surface area contributed by atoms with Crippen molar-refractivity contribution in [3.63, 3.8) is 0 Å². The maximum Gasteiger partial charge on any atom is 0.223 e. The van der Waals surface area contributed by atoms with Crippen LogP contribution in [0.15, 0.2) is 53.1 Å². The molecule has 1 heterocycles. The summed E-state index contributed by atoms with van der Waals surface area (Å²) in [4.78, 5) is 18.3. The van der Waals surface area contributed by atoms with Gasteiger partial charge in [0, 0.05) is 37.0 Å². The highest BCUT2D eigenvalue weighted by atomic mass is 35.5. The number of carbonyl (C=O) groups is 1. The summed E-state index contributed by atoms with van der Waals surface area (Å²) in [6, 6.07) is 12.7. The minimum Gasteiger partial charge on any atom is -0.441 e. The van der Waals surface area contributed by atoms with E-state index in [1.54, 1.807) is 36.3 Å². The Labute approximate surface area is 172 Å². The second-order valence-electron chi connectivity index (χ2n) is 6.09. The lowest BCUT2D eigenvalue weighted by Gasteiger charge is -2.18. The molecule has 0 unspecified atom stereocenters. The normalized spacial score (nSPS) is 10.8. The Morgan fingerprint density at radius 2 is 1.85 bits per heavy atom. The van der Waals surface area contributed by atoms with E-state index < -0.39 is 0 Å². The van der Waals surface area contributed by atoms with Gasteiger partial charge in [0.25, 0.3) is 0 Å². The van der Waals surface area contributed by atoms with Crippen molar-refractivity contribution in [1.82, 2.24) is 9.88 Å². The summed E-state index contributed by atoms with van der Waals surface area (Å²) < 4.78 is 5.73. The molecule has 0 fully saturated rings. The van der Waals surface area contributed by atoms with E-state index in [9.17, 15) is 4.79 Å². The molecule has 3 aromatic rings. The van der Waals surface area contributed by atoms with Crippen molar-refractivity contribution >= 4 is 40.7 Å². The fraction of sp³-hybridized carbons (Fsp3) is 0.200. The molecule has 27 heavy (non-hydrogen) atoms. The first kappa shape index (κ1) is 19.7. The zero-order valence-electron chi connectivity index (χ0n) is 14.6. The lowest BCUT2D eigenvalue weighted by Crippen LogP contribution is -2.26. The first-order valence-electron chi connectivity index (χ1n) is 8.31. The molecular weight excluding hydrogens is 407 g/mol. The Morgan fingerprint density at radius 3 is 2.59 bits per heavy atom. The molecule has 0 atom stereocenters. The van der Waals surface area contributed by atoms with Crippen molar-refractivity contribution in [3.05, 3.63) is 75.2 Å². The van der Waals surface area contributed by atoms with Crippen LogP contribution >= 0.6 is 34.8 Å². The minimum atomic E-state index is -0.0303. The highest BCUT2D eigenvalue weighted by molar-refractivity contribution is 6.42. The third kappa shape index (κ3) is 5.04. The van der Waals surface area contributed by atoms with Gasteiger partial charge in [-0.15, -0.1) is 0 Å². The molecular formula is C20H17Cl3N2O2. The second kappa shape index (κ2) is 8.79. The van der Waals surface area contributed by atoms with Crippen LogP contribution in [0.5, 0.6) is 0 Å². The van der Waals surface area contributed by atoms with Crippen LogP contribution in [0.3, 0.4) is 0 Å². The summed E-state index contributed by atoms with van der Waals surface area (Å²) in [5.41, 5.74) is 1.69. The van der Waals surface area contributed by atoms with Gasteiger partial charge >= 0.3 is 0 Å². The molecule has 1 amide bonds. The van der Waals surface area contributed by atoms with Gasteiger partial charge < -0.3 is 9.32 Å². The summed E-state index contributed by atoms with van der Waals surface area (Å²) in [6.07, 6.45) is 2.35. The average Bonchev–Trinajstić information content (AvgIpc) is 3.13. The van der Waals surface area contributed by atoms with Gasteiger partial charge in [-0.05, 0) is 35.9 Å². The van der Waals surface area contributed by atoms with Gasteiger partial charge in [0.2, 0.25) is 5.91 Å². The molecule has 0 radical (unpaired) electrons. The maximum absolute atomic E-state index is 12.4. The Morgan fingerprint density at radius 1 is 1.11 bits per heavy atom. The number of rotatable bonds is 6. The van der Waals surface area contributed by atoms with Gasteiger partial charge in [-0.3, -0.25) is 4.79 Å². The van der Waals surface area contributed by atoms with Gasteiger partial charge in [-0.25, -0.2) is 4.98 Å². The Balaban J connectivity index is 1.57. The molecule has 140 valence electrons. The Bertz CT molecular complexity index is 939. The van der Waals surface area contributed by atoms with Gasteiger partial charge in [0.15, 0.2) is 11.7 Å². The number of aryl methyl sites for hydroxylation is 1. The SMILES string of the molecule is CN(Cc1cccc(Cl)c1Cl)C(=O)CCc1ncc(-c2ccc(Cl)cc2)o1. The smallest absolute Gasteiger partial charge is 0.223 e. The predicted octanol–water partition coefficient (Wildman–Crippen LogP) is 5.89. The summed E-state index contributed by atoms with van der Waals surface area (Å²) in [5.74, 6) is 1.13. The molecule has 0 saturated heterocycles. The number of benzene rings is 2. The van der Waals surface area contributed by atoms with E-state index in [4.69, 9.17) is 39.2 Å². The van der Waals surface area contributed by atoms with Crippen molar-refractivity contribution in [2.24, 2.45) is 0 Å².